The second-order valence-corrected chi connectivity index (χ2v) is 8.11. The third kappa shape index (κ3) is 5.10. The van der Waals surface area contributed by atoms with Crippen molar-refractivity contribution in [2.45, 2.75) is 6.92 Å². The summed E-state index contributed by atoms with van der Waals surface area (Å²) in [4.78, 5) is 25.0. The Morgan fingerprint density at radius 1 is 0.875 bits per heavy atom. The largest absolute Gasteiger partial charge is 0.422 e. The number of hydrogen-bond donors (Lipinski definition) is 1. The number of rotatable bonds is 5. The number of hydrazone groups is 1. The zero-order chi connectivity index (χ0) is 22.5. The van der Waals surface area contributed by atoms with Crippen molar-refractivity contribution in [2.75, 3.05) is 0 Å². The fourth-order valence-corrected chi connectivity index (χ4v) is 3.50. The number of fused-ring (bicyclic) bond motifs is 1. The van der Waals surface area contributed by atoms with Crippen molar-refractivity contribution >= 4 is 44.8 Å². The number of esters is 1. The lowest BCUT2D eigenvalue weighted by atomic mass is 10.1. The number of hydrogen-bond acceptors (Lipinski definition) is 4. The van der Waals surface area contributed by atoms with Gasteiger partial charge in [0, 0.05) is 15.6 Å². The third-order valence-corrected chi connectivity index (χ3v) is 5.34. The standard InChI is InChI=1S/C26H19BrN2O3/c1-17-6-8-19(9-7-17)26(31)32-24-13-12-23(27)15-22(24)16-28-29-25(30)21-11-10-18-4-2-3-5-20(18)14-21/h2-16H,1H3,(H,29,30)/b28-16-. The number of ether oxygens (including phenoxy) is 1. The van der Waals surface area contributed by atoms with Gasteiger partial charge in [0.05, 0.1) is 11.8 Å². The van der Waals surface area contributed by atoms with Gasteiger partial charge in [0.2, 0.25) is 0 Å². The van der Waals surface area contributed by atoms with Crippen LogP contribution in [0.1, 0.15) is 31.8 Å². The van der Waals surface area contributed by atoms with Crippen molar-refractivity contribution in [3.8, 4) is 5.75 Å². The molecule has 0 aliphatic rings. The van der Waals surface area contributed by atoms with Crippen LogP contribution in [0.25, 0.3) is 10.8 Å². The highest BCUT2D eigenvalue weighted by atomic mass is 79.9. The van der Waals surface area contributed by atoms with Gasteiger partial charge in [-0.15, -0.1) is 0 Å². The molecule has 0 heterocycles. The smallest absolute Gasteiger partial charge is 0.343 e. The zero-order valence-corrected chi connectivity index (χ0v) is 18.8. The van der Waals surface area contributed by atoms with Gasteiger partial charge < -0.3 is 4.74 Å². The Kier molecular flexibility index (Phi) is 6.42. The van der Waals surface area contributed by atoms with Gasteiger partial charge in [-0.3, -0.25) is 4.79 Å². The molecule has 0 aliphatic carbocycles. The molecule has 1 amide bonds. The van der Waals surface area contributed by atoms with Crippen molar-refractivity contribution in [1.29, 1.82) is 0 Å². The maximum atomic E-state index is 12.5. The average molecular weight is 487 g/mol. The monoisotopic (exact) mass is 486 g/mol. The molecule has 0 aromatic heterocycles. The molecule has 4 aromatic carbocycles. The van der Waals surface area contributed by atoms with Crippen LogP contribution in [0.15, 0.2) is 94.5 Å². The van der Waals surface area contributed by atoms with Crippen molar-refractivity contribution in [3.05, 3.63) is 112 Å². The van der Waals surface area contributed by atoms with E-state index in [9.17, 15) is 9.59 Å². The van der Waals surface area contributed by atoms with Crippen LogP contribution in [0.3, 0.4) is 0 Å². The van der Waals surface area contributed by atoms with E-state index in [4.69, 9.17) is 4.74 Å². The van der Waals surface area contributed by atoms with E-state index in [1.807, 2.05) is 55.5 Å². The number of nitrogens with zero attached hydrogens (tertiary/aromatic N) is 1. The fraction of sp³-hybridized carbons (Fsp3) is 0.0385. The number of halogens is 1. The Labute approximate surface area is 193 Å². The fourth-order valence-electron chi connectivity index (χ4n) is 3.12. The summed E-state index contributed by atoms with van der Waals surface area (Å²) < 4.78 is 6.34. The summed E-state index contributed by atoms with van der Waals surface area (Å²) >= 11 is 3.41. The molecule has 5 nitrogen and oxygen atoms in total. The summed E-state index contributed by atoms with van der Waals surface area (Å²) in [5, 5.41) is 6.09. The molecule has 0 atom stereocenters. The summed E-state index contributed by atoms with van der Waals surface area (Å²) in [5.74, 6) is -0.468. The van der Waals surface area contributed by atoms with E-state index in [1.54, 1.807) is 36.4 Å². The lowest BCUT2D eigenvalue weighted by Crippen LogP contribution is -2.17. The van der Waals surface area contributed by atoms with Crippen LogP contribution in [0.4, 0.5) is 0 Å². The topological polar surface area (TPSA) is 67.8 Å². The molecule has 0 spiro atoms. The summed E-state index contributed by atoms with van der Waals surface area (Å²) in [6.45, 7) is 1.95. The lowest BCUT2D eigenvalue weighted by molar-refractivity contribution is 0.0734. The molecule has 158 valence electrons. The van der Waals surface area contributed by atoms with Gasteiger partial charge in [0.1, 0.15) is 5.75 Å². The Bertz CT molecular complexity index is 1330. The first kappa shape index (κ1) is 21.5. The van der Waals surface area contributed by atoms with E-state index in [2.05, 4.69) is 26.5 Å². The maximum absolute atomic E-state index is 12.5. The minimum atomic E-state index is -0.470. The molecule has 1 N–H and O–H groups in total. The summed E-state index contributed by atoms with van der Waals surface area (Å²) in [5.41, 5.74) is 5.07. The molecule has 0 saturated heterocycles. The minimum absolute atomic E-state index is 0.333. The number of carbonyl (C=O) groups excluding carboxylic acids is 2. The van der Waals surface area contributed by atoms with Crippen LogP contribution in [-0.2, 0) is 0 Å². The SMILES string of the molecule is Cc1ccc(C(=O)Oc2ccc(Br)cc2/C=N\NC(=O)c2ccc3ccccc3c2)cc1. The van der Waals surface area contributed by atoms with Crippen LogP contribution >= 0.6 is 15.9 Å². The van der Waals surface area contributed by atoms with Gasteiger partial charge in [-0.1, -0.05) is 64.0 Å². The van der Waals surface area contributed by atoms with Crippen LogP contribution < -0.4 is 10.2 Å². The van der Waals surface area contributed by atoms with Crippen LogP contribution in [-0.4, -0.2) is 18.1 Å². The van der Waals surface area contributed by atoms with E-state index >= 15 is 0 Å². The quantitative estimate of drug-likeness (QED) is 0.165. The molecule has 0 saturated carbocycles. The molecule has 32 heavy (non-hydrogen) atoms. The molecule has 4 rings (SSSR count). The Balaban J connectivity index is 1.49. The Morgan fingerprint density at radius 3 is 2.38 bits per heavy atom. The van der Waals surface area contributed by atoms with Crippen molar-refractivity contribution in [2.24, 2.45) is 5.10 Å². The number of nitrogens with one attached hydrogen (secondary N) is 1. The molecular formula is C26H19BrN2O3. The second kappa shape index (κ2) is 9.58. The van der Waals surface area contributed by atoms with Gasteiger partial charge >= 0.3 is 5.97 Å². The van der Waals surface area contributed by atoms with Crippen molar-refractivity contribution < 1.29 is 14.3 Å². The average Bonchev–Trinajstić information content (AvgIpc) is 2.80. The molecule has 0 unspecified atom stereocenters. The highest BCUT2D eigenvalue weighted by Crippen LogP contribution is 2.23. The van der Waals surface area contributed by atoms with Crippen LogP contribution in [0, 0.1) is 6.92 Å². The number of benzene rings is 4. The normalized spacial score (nSPS) is 10.9. The van der Waals surface area contributed by atoms with Crippen molar-refractivity contribution in [3.63, 3.8) is 0 Å². The van der Waals surface area contributed by atoms with Crippen LogP contribution in [0.5, 0.6) is 5.75 Å². The lowest BCUT2D eigenvalue weighted by Gasteiger charge is -2.08. The molecule has 4 aromatic rings. The number of carbonyl (C=O) groups is 2. The highest BCUT2D eigenvalue weighted by molar-refractivity contribution is 9.10. The summed E-state index contributed by atoms with van der Waals surface area (Å²) in [7, 11) is 0. The Hall–Kier alpha value is -3.77. The Morgan fingerprint density at radius 2 is 1.59 bits per heavy atom. The molecule has 6 heteroatoms. The molecular weight excluding hydrogens is 468 g/mol. The third-order valence-electron chi connectivity index (χ3n) is 4.84. The van der Waals surface area contributed by atoms with Gasteiger partial charge in [-0.2, -0.15) is 5.10 Å². The number of amides is 1. The van der Waals surface area contributed by atoms with Gasteiger partial charge in [-0.25, -0.2) is 10.2 Å². The van der Waals surface area contributed by atoms with Gasteiger partial charge in [0.25, 0.3) is 5.91 Å². The van der Waals surface area contributed by atoms with Crippen molar-refractivity contribution in [1.82, 2.24) is 5.43 Å². The molecule has 0 fully saturated rings. The summed E-state index contributed by atoms with van der Waals surface area (Å²) in [6.07, 6.45) is 1.45. The predicted molar refractivity (Wildman–Crippen MR) is 129 cm³/mol. The van der Waals surface area contributed by atoms with E-state index in [1.165, 1.54) is 6.21 Å². The van der Waals surface area contributed by atoms with Gasteiger partial charge in [0.15, 0.2) is 0 Å². The minimum Gasteiger partial charge on any atom is -0.422 e. The maximum Gasteiger partial charge on any atom is 0.343 e. The predicted octanol–water partition coefficient (Wildman–Crippen LogP) is 5.89. The summed E-state index contributed by atoms with van der Waals surface area (Å²) in [6, 6.07) is 25.6. The van der Waals surface area contributed by atoms with E-state index < -0.39 is 5.97 Å². The number of aryl methyl sites for hydroxylation is 1. The van der Waals surface area contributed by atoms with Crippen LogP contribution in [0.2, 0.25) is 0 Å². The first-order valence-corrected chi connectivity index (χ1v) is 10.7. The highest BCUT2D eigenvalue weighted by Gasteiger charge is 2.12. The van der Waals surface area contributed by atoms with E-state index in [0.717, 1.165) is 20.8 Å². The second-order valence-electron chi connectivity index (χ2n) is 7.20. The molecule has 0 aliphatic heterocycles. The van der Waals surface area contributed by atoms with Gasteiger partial charge in [-0.05, 0) is 60.2 Å². The van der Waals surface area contributed by atoms with E-state index in [0.29, 0.717) is 22.4 Å². The van der Waals surface area contributed by atoms with E-state index in [-0.39, 0.29) is 5.91 Å². The first-order chi connectivity index (χ1) is 15.5. The zero-order valence-electron chi connectivity index (χ0n) is 17.2. The molecule has 0 bridgehead atoms. The first-order valence-electron chi connectivity index (χ1n) is 9.90. The molecule has 0 radical (unpaired) electrons.